The van der Waals surface area contributed by atoms with Gasteiger partial charge >= 0.3 is 6.09 Å². The van der Waals surface area contributed by atoms with Gasteiger partial charge in [-0.3, -0.25) is 4.79 Å². The number of hydrogen-bond donors (Lipinski definition) is 3. The standard InChI is InChI=1S/C19H35N5O3.HI/c1-13(2)10-20-17(22-12-16(25)24(6)7)21-11-15(14-8-9-14)23-18(26)27-19(3,4)5;/h14-15H,1,8-12H2,2-7H3,(H,23,26)(H2,20,21,22);1H. The van der Waals surface area contributed by atoms with Gasteiger partial charge in [-0.25, -0.2) is 9.79 Å². The van der Waals surface area contributed by atoms with E-state index in [1.54, 1.807) is 14.1 Å². The average Bonchev–Trinajstić information content (AvgIpc) is 3.35. The minimum Gasteiger partial charge on any atom is -0.444 e. The van der Waals surface area contributed by atoms with E-state index in [0.29, 0.717) is 25.0 Å². The number of carbonyl (C=O) groups is 2. The Balaban J connectivity index is 0.00000729. The largest absolute Gasteiger partial charge is 0.444 e. The van der Waals surface area contributed by atoms with Gasteiger partial charge in [-0.1, -0.05) is 12.2 Å². The van der Waals surface area contributed by atoms with Crippen molar-refractivity contribution in [1.29, 1.82) is 0 Å². The SMILES string of the molecule is C=C(C)CNC(=NCC(=O)N(C)C)NCC(NC(=O)OC(C)(C)C)C1CC1.I. The third kappa shape index (κ3) is 12.0. The molecule has 1 aliphatic carbocycles. The summed E-state index contributed by atoms with van der Waals surface area (Å²) in [5, 5.41) is 9.30. The van der Waals surface area contributed by atoms with Crippen molar-refractivity contribution in [2.45, 2.75) is 52.2 Å². The molecule has 28 heavy (non-hydrogen) atoms. The summed E-state index contributed by atoms with van der Waals surface area (Å²) in [6, 6.07) is -0.0544. The van der Waals surface area contributed by atoms with E-state index in [2.05, 4.69) is 27.5 Å². The molecule has 1 atom stereocenters. The second-order valence-corrected chi connectivity index (χ2v) is 8.23. The molecule has 1 unspecified atom stereocenters. The fourth-order valence-electron chi connectivity index (χ4n) is 2.20. The Hall–Kier alpha value is -1.52. The van der Waals surface area contributed by atoms with Gasteiger partial charge in [0.2, 0.25) is 5.91 Å². The van der Waals surface area contributed by atoms with Gasteiger partial charge in [0.1, 0.15) is 12.1 Å². The molecule has 162 valence electrons. The summed E-state index contributed by atoms with van der Waals surface area (Å²) in [7, 11) is 3.39. The summed E-state index contributed by atoms with van der Waals surface area (Å²) in [6.45, 7) is 12.4. The van der Waals surface area contributed by atoms with Crippen LogP contribution in [0.2, 0.25) is 0 Å². The molecule has 0 aromatic heterocycles. The summed E-state index contributed by atoms with van der Waals surface area (Å²) in [4.78, 5) is 29.7. The molecule has 8 nitrogen and oxygen atoms in total. The number of hydrogen-bond acceptors (Lipinski definition) is 4. The number of guanidine groups is 1. The molecule has 0 bridgehead atoms. The van der Waals surface area contributed by atoms with Crippen LogP contribution in [-0.2, 0) is 9.53 Å². The van der Waals surface area contributed by atoms with Crippen molar-refractivity contribution >= 4 is 41.9 Å². The lowest BCUT2D eigenvalue weighted by Gasteiger charge is -2.24. The van der Waals surface area contributed by atoms with Gasteiger partial charge in [-0.15, -0.1) is 24.0 Å². The Morgan fingerprint density at radius 1 is 1.25 bits per heavy atom. The maximum absolute atomic E-state index is 12.1. The zero-order chi connectivity index (χ0) is 20.6. The van der Waals surface area contributed by atoms with Gasteiger partial charge in [-0.2, -0.15) is 0 Å². The molecule has 0 spiro atoms. The lowest BCUT2D eigenvalue weighted by Crippen LogP contribution is -2.49. The third-order valence-corrected chi connectivity index (χ3v) is 3.81. The van der Waals surface area contributed by atoms with E-state index in [-0.39, 0.29) is 42.5 Å². The van der Waals surface area contributed by atoms with Crippen LogP contribution in [0.5, 0.6) is 0 Å². The van der Waals surface area contributed by atoms with Crippen LogP contribution in [0.25, 0.3) is 0 Å². The number of carbonyl (C=O) groups excluding carboxylic acids is 2. The molecular formula is C19H36IN5O3. The predicted octanol–water partition coefficient (Wildman–Crippen LogP) is 2.11. The van der Waals surface area contributed by atoms with Gasteiger partial charge in [0.05, 0.1) is 6.04 Å². The van der Waals surface area contributed by atoms with E-state index in [4.69, 9.17) is 4.74 Å². The smallest absolute Gasteiger partial charge is 0.407 e. The van der Waals surface area contributed by atoms with E-state index in [0.717, 1.165) is 18.4 Å². The molecule has 0 aromatic carbocycles. The first-order chi connectivity index (χ1) is 12.5. The van der Waals surface area contributed by atoms with Crippen molar-refractivity contribution in [3.63, 3.8) is 0 Å². The van der Waals surface area contributed by atoms with Gasteiger partial charge in [0.15, 0.2) is 5.96 Å². The molecule has 1 fully saturated rings. The first-order valence-electron chi connectivity index (χ1n) is 9.34. The summed E-state index contributed by atoms with van der Waals surface area (Å²) < 4.78 is 5.35. The highest BCUT2D eigenvalue weighted by molar-refractivity contribution is 14.0. The quantitative estimate of drug-likeness (QED) is 0.202. The summed E-state index contributed by atoms with van der Waals surface area (Å²) in [6.07, 6.45) is 1.73. The molecule has 3 N–H and O–H groups in total. The number of halogens is 1. The number of aliphatic imine (C=N–C) groups is 1. The molecule has 0 radical (unpaired) electrons. The minimum absolute atomic E-state index is 0. The van der Waals surface area contributed by atoms with E-state index in [9.17, 15) is 9.59 Å². The molecule has 0 aromatic rings. The van der Waals surface area contributed by atoms with Gasteiger partial charge in [-0.05, 0) is 46.5 Å². The number of likely N-dealkylation sites (N-methyl/N-ethyl adjacent to an activating group) is 1. The normalized spacial score (nSPS) is 15.0. The van der Waals surface area contributed by atoms with Crippen LogP contribution in [0.1, 0.15) is 40.5 Å². The van der Waals surface area contributed by atoms with Crippen molar-refractivity contribution in [3.8, 4) is 0 Å². The monoisotopic (exact) mass is 509 g/mol. The van der Waals surface area contributed by atoms with Gasteiger partial charge in [0.25, 0.3) is 0 Å². The zero-order valence-electron chi connectivity index (χ0n) is 17.9. The van der Waals surface area contributed by atoms with Crippen molar-refractivity contribution < 1.29 is 14.3 Å². The van der Waals surface area contributed by atoms with E-state index in [1.165, 1.54) is 4.90 Å². The zero-order valence-corrected chi connectivity index (χ0v) is 20.3. The fourth-order valence-corrected chi connectivity index (χ4v) is 2.20. The molecule has 0 heterocycles. The second-order valence-electron chi connectivity index (χ2n) is 8.23. The number of rotatable bonds is 8. The molecular weight excluding hydrogens is 473 g/mol. The highest BCUT2D eigenvalue weighted by Crippen LogP contribution is 2.32. The lowest BCUT2D eigenvalue weighted by atomic mass is 10.2. The molecule has 1 saturated carbocycles. The Morgan fingerprint density at radius 3 is 2.32 bits per heavy atom. The Kier molecular flexibility index (Phi) is 11.5. The van der Waals surface area contributed by atoms with Gasteiger partial charge < -0.3 is 25.6 Å². The molecule has 9 heteroatoms. The highest BCUT2D eigenvalue weighted by Gasteiger charge is 2.33. The van der Waals surface area contributed by atoms with E-state index < -0.39 is 11.7 Å². The van der Waals surface area contributed by atoms with Crippen molar-refractivity contribution in [2.75, 3.05) is 33.7 Å². The fraction of sp³-hybridized carbons (Fsp3) is 0.737. The lowest BCUT2D eigenvalue weighted by molar-refractivity contribution is -0.127. The molecule has 0 aliphatic heterocycles. The highest BCUT2D eigenvalue weighted by atomic mass is 127. The first kappa shape index (κ1) is 26.5. The van der Waals surface area contributed by atoms with Crippen molar-refractivity contribution in [3.05, 3.63) is 12.2 Å². The van der Waals surface area contributed by atoms with Gasteiger partial charge in [0, 0.05) is 27.2 Å². The second kappa shape index (κ2) is 12.1. The van der Waals surface area contributed by atoms with Crippen LogP contribution in [0.15, 0.2) is 17.1 Å². The number of nitrogens with one attached hydrogen (secondary N) is 3. The summed E-state index contributed by atoms with van der Waals surface area (Å²) >= 11 is 0. The van der Waals surface area contributed by atoms with Crippen LogP contribution in [0.3, 0.4) is 0 Å². The van der Waals surface area contributed by atoms with Crippen LogP contribution >= 0.6 is 24.0 Å². The summed E-state index contributed by atoms with van der Waals surface area (Å²) in [5.74, 6) is 0.859. The Bertz CT molecular complexity index is 568. The Labute approximate surface area is 185 Å². The topological polar surface area (TPSA) is 95.1 Å². The Morgan fingerprint density at radius 2 is 1.86 bits per heavy atom. The van der Waals surface area contributed by atoms with Crippen LogP contribution in [0.4, 0.5) is 4.79 Å². The number of alkyl carbamates (subject to hydrolysis) is 1. The van der Waals surface area contributed by atoms with Crippen LogP contribution < -0.4 is 16.0 Å². The minimum atomic E-state index is -0.534. The summed E-state index contributed by atoms with van der Waals surface area (Å²) in [5.41, 5.74) is 0.419. The third-order valence-electron chi connectivity index (χ3n) is 3.81. The van der Waals surface area contributed by atoms with E-state index >= 15 is 0 Å². The van der Waals surface area contributed by atoms with E-state index in [1.807, 2.05) is 27.7 Å². The maximum Gasteiger partial charge on any atom is 0.407 e. The number of amides is 2. The molecule has 2 amide bonds. The van der Waals surface area contributed by atoms with Crippen molar-refractivity contribution in [2.24, 2.45) is 10.9 Å². The molecule has 1 rings (SSSR count). The first-order valence-corrected chi connectivity index (χ1v) is 9.34. The molecule has 1 aliphatic rings. The van der Waals surface area contributed by atoms with Crippen molar-refractivity contribution in [1.82, 2.24) is 20.9 Å². The maximum atomic E-state index is 12.1. The number of ether oxygens (including phenoxy) is 1. The average molecular weight is 509 g/mol. The van der Waals surface area contributed by atoms with Crippen LogP contribution in [-0.4, -0.2) is 68.2 Å². The molecule has 0 saturated heterocycles. The number of nitrogens with zero attached hydrogens (tertiary/aromatic N) is 2. The predicted molar refractivity (Wildman–Crippen MR) is 123 cm³/mol. The van der Waals surface area contributed by atoms with Crippen LogP contribution in [0, 0.1) is 5.92 Å².